The van der Waals surface area contributed by atoms with Gasteiger partial charge in [0.15, 0.2) is 0 Å². The van der Waals surface area contributed by atoms with Crippen molar-refractivity contribution in [2.45, 2.75) is 0 Å². The third-order valence-electron chi connectivity index (χ3n) is 24.8. The second kappa shape index (κ2) is 27.8. The molecule has 0 atom stereocenters. The largest absolute Gasteiger partial charge is 2.00 e. The van der Waals surface area contributed by atoms with Crippen molar-refractivity contribution in [3.8, 4) is 135 Å². The molecule has 9 heteroatoms. The molecule has 0 N–H and O–H groups in total. The molecule has 25 rings (SSSR count). The van der Waals surface area contributed by atoms with Crippen molar-refractivity contribution in [1.82, 2.24) is 39.9 Å². The maximum atomic E-state index is 5.96. The molecule has 1 radical (unpaired) electrons. The van der Waals surface area contributed by atoms with Crippen LogP contribution < -0.4 is 9.97 Å². The van der Waals surface area contributed by atoms with Crippen LogP contribution in [0.1, 0.15) is 0 Å². The molecule has 0 fully saturated rings. The molecule has 121 heavy (non-hydrogen) atoms. The summed E-state index contributed by atoms with van der Waals surface area (Å²) in [5.74, 6) is 1.78. The normalized spacial score (nSPS) is 11.9. The van der Waals surface area contributed by atoms with Crippen LogP contribution in [-0.4, -0.2) is 29.9 Å². The molecule has 563 valence electrons. The fourth-order valence-electron chi connectivity index (χ4n) is 19.7. The van der Waals surface area contributed by atoms with Crippen LogP contribution in [0.3, 0.4) is 0 Å². The summed E-state index contributed by atoms with van der Waals surface area (Å²) in [5.41, 5.74) is 22.5. The van der Waals surface area contributed by atoms with Gasteiger partial charge in [-0.1, -0.05) is 340 Å². The number of hydrogen-bond donors (Lipinski definition) is 0. The summed E-state index contributed by atoms with van der Waals surface area (Å²) < 4.78 is 0. The van der Waals surface area contributed by atoms with Crippen LogP contribution in [0.5, 0.6) is 0 Å². The van der Waals surface area contributed by atoms with Crippen molar-refractivity contribution in [3.05, 3.63) is 388 Å². The van der Waals surface area contributed by atoms with Gasteiger partial charge in [0.2, 0.25) is 0 Å². The van der Waals surface area contributed by atoms with E-state index in [0.29, 0.717) is 45.9 Å². The van der Waals surface area contributed by atoms with Crippen molar-refractivity contribution < 1.29 is 17.1 Å². The molecule has 20 aromatic carbocycles. The average molecular weight is 1590 g/mol. The number of benzene rings is 20. The second-order valence-electron chi connectivity index (χ2n) is 31.4. The minimum Gasteiger partial charge on any atom is -0.357 e. The molecule has 8 nitrogen and oxygen atoms in total. The first kappa shape index (κ1) is 69.6. The summed E-state index contributed by atoms with van der Waals surface area (Å²) in [4.78, 5) is 47.2. The van der Waals surface area contributed by atoms with Crippen LogP contribution in [-0.2, 0) is 17.1 Å². The maximum Gasteiger partial charge on any atom is 2.00 e. The maximum absolute atomic E-state index is 5.96. The summed E-state index contributed by atoms with van der Waals surface area (Å²) >= 11 is 0. The van der Waals surface area contributed by atoms with Gasteiger partial charge in [-0.15, -0.1) is 0 Å². The minimum absolute atomic E-state index is 0. The molecule has 8 bridgehead atoms. The van der Waals surface area contributed by atoms with Gasteiger partial charge in [0, 0.05) is 44.8 Å². The van der Waals surface area contributed by atoms with E-state index in [1.165, 1.54) is 0 Å². The zero-order valence-corrected chi connectivity index (χ0v) is 65.8. The third-order valence-corrected chi connectivity index (χ3v) is 24.8. The Labute approximate surface area is 705 Å². The van der Waals surface area contributed by atoms with Crippen molar-refractivity contribution in [2.24, 2.45) is 0 Å². The van der Waals surface area contributed by atoms with Gasteiger partial charge in [-0.25, -0.2) is 9.97 Å². The number of fused-ring (bicyclic) bond motifs is 28. The zero-order chi connectivity index (χ0) is 78.6. The van der Waals surface area contributed by atoms with Gasteiger partial charge in [0.05, 0.1) is 23.3 Å². The standard InChI is InChI=1S/C112H64N8.Cu/c1-9-33-65(34-10-1)97-73-49-25-26-50-74(73)98(66-35-11-2-12-36-66)82-58-90-89(57-81(82)97)105-113-106(90)118-108-93-61-85-86(102(70-43-19-6-20-44-70)78-54-30-29-53-77(78)101(85)69-41-17-5-18-42-69)62-94(93)110(115-108)120-112-96-64-88-87(103(71-45-21-7-22-46-71)79-55-31-32-56-80(79)104(88)72-47-23-8-24-48-72)63-95(96)111(116-112)119-109-92-60-84-83(59-91(92)107(114-109)117-105)99(67-37-13-3-14-38-67)75-51-27-28-52-76(75)100(84)68-39-15-4-16-40-68;/h1-64H;/q-2;+2. The van der Waals surface area contributed by atoms with Gasteiger partial charge in [-0.05, 0) is 245 Å². The molecule has 23 aromatic rings. The number of rotatable bonds is 8. The Morgan fingerprint density at radius 3 is 0.430 bits per heavy atom. The Bertz CT molecular complexity index is 7490. The average Bonchev–Trinajstić information content (AvgIpc) is 1.69. The molecule has 2 aliphatic heterocycles. The van der Waals surface area contributed by atoms with Gasteiger partial charge in [0.1, 0.15) is 0 Å². The van der Waals surface area contributed by atoms with E-state index in [-0.39, 0.29) is 17.1 Å². The van der Waals surface area contributed by atoms with E-state index < -0.39 is 0 Å². The minimum atomic E-state index is 0. The molecule has 0 aliphatic carbocycles. The molecule has 3 aromatic heterocycles. The van der Waals surface area contributed by atoms with Crippen LogP contribution in [0.25, 0.3) is 265 Å². The first-order valence-electron chi connectivity index (χ1n) is 40.8. The third kappa shape index (κ3) is 10.9. The topological polar surface area (TPSA) is 106 Å². The fourth-order valence-corrected chi connectivity index (χ4v) is 19.7. The van der Waals surface area contributed by atoms with Crippen LogP contribution in [0, 0.1) is 0 Å². The summed E-state index contributed by atoms with van der Waals surface area (Å²) in [6, 6.07) is 140. The van der Waals surface area contributed by atoms with Crippen molar-refractivity contribution in [1.29, 1.82) is 0 Å². The molecule has 5 heterocycles. The predicted octanol–water partition coefficient (Wildman–Crippen LogP) is 28.7. The Morgan fingerprint density at radius 2 is 0.273 bits per heavy atom. The van der Waals surface area contributed by atoms with E-state index in [1.807, 2.05) is 0 Å². The Balaban J connectivity index is 0.00000829. The smallest absolute Gasteiger partial charge is 0.357 e. The fraction of sp³-hybridized carbons (Fsp3) is 0. The molecule has 0 unspecified atom stereocenters. The van der Waals surface area contributed by atoms with E-state index in [1.54, 1.807) is 0 Å². The van der Waals surface area contributed by atoms with E-state index in [0.717, 1.165) is 219 Å². The Kier molecular flexibility index (Phi) is 16.0. The first-order chi connectivity index (χ1) is 59.5. The zero-order valence-electron chi connectivity index (χ0n) is 64.8. The van der Waals surface area contributed by atoms with Crippen LogP contribution in [0.15, 0.2) is 388 Å². The van der Waals surface area contributed by atoms with Crippen molar-refractivity contribution in [2.75, 3.05) is 0 Å². The first-order valence-corrected chi connectivity index (χ1v) is 40.8. The Morgan fingerprint density at radius 1 is 0.132 bits per heavy atom. The SMILES string of the molecule is [Cu+2].c1ccc(-c2c3ccccc3c(-c3ccccc3)c3cc4c(cc23)-c2nc-4nc3[n-]c(nc4nc(nc5[n-]c(n2)c2cc6c(-c7ccccc7)c7ccccc7c(-c7ccccc7)c6cc52)-c2cc5c(-c6ccccc6)c6ccccc6c(-c6ccccc6)c5cc2-4)c2cc4c(-c5ccccc5)c5ccccc5c(-c5ccccc5)c4cc32)cc1. The van der Waals surface area contributed by atoms with Gasteiger partial charge in [-0.3, -0.25) is 0 Å². The van der Waals surface area contributed by atoms with E-state index in [9.17, 15) is 0 Å². The van der Waals surface area contributed by atoms with E-state index in [2.05, 4.69) is 388 Å². The summed E-state index contributed by atoms with van der Waals surface area (Å²) in [6.07, 6.45) is 0. The van der Waals surface area contributed by atoms with Crippen molar-refractivity contribution in [3.63, 3.8) is 0 Å². The second-order valence-corrected chi connectivity index (χ2v) is 31.4. The number of nitrogens with zero attached hydrogens (tertiary/aromatic N) is 8. The molecular formula is C112H64CuN8. The number of aromatic nitrogens is 8. The summed E-state index contributed by atoms with van der Waals surface area (Å²) in [6.45, 7) is 0. The molecular weight excluding hydrogens is 1520 g/mol. The van der Waals surface area contributed by atoms with Crippen molar-refractivity contribution >= 4 is 130 Å². The number of hydrogen-bond acceptors (Lipinski definition) is 6. The van der Waals surface area contributed by atoms with Gasteiger partial charge in [-0.2, -0.15) is 0 Å². The molecule has 0 saturated heterocycles. The quantitative estimate of drug-likeness (QED) is 0.109. The van der Waals surface area contributed by atoms with Gasteiger partial charge >= 0.3 is 17.1 Å². The van der Waals surface area contributed by atoms with Gasteiger partial charge < -0.3 is 29.9 Å². The van der Waals surface area contributed by atoms with Gasteiger partial charge in [0.25, 0.3) is 0 Å². The Hall–Kier alpha value is -15.6. The molecule has 0 saturated carbocycles. The molecule has 0 amide bonds. The van der Waals surface area contributed by atoms with Crippen LogP contribution >= 0.6 is 0 Å². The molecule has 2 aliphatic rings. The van der Waals surface area contributed by atoms with Crippen LogP contribution in [0.2, 0.25) is 0 Å². The van der Waals surface area contributed by atoms with Crippen LogP contribution in [0.4, 0.5) is 0 Å². The monoisotopic (exact) mass is 1580 g/mol. The molecule has 0 spiro atoms. The van der Waals surface area contributed by atoms with E-state index in [4.69, 9.17) is 39.9 Å². The van der Waals surface area contributed by atoms with E-state index >= 15 is 0 Å². The summed E-state index contributed by atoms with van der Waals surface area (Å²) in [7, 11) is 0. The predicted molar refractivity (Wildman–Crippen MR) is 498 cm³/mol. The summed E-state index contributed by atoms with van der Waals surface area (Å²) in [5, 5.41) is 20.5.